The van der Waals surface area contributed by atoms with Gasteiger partial charge in [-0.2, -0.15) is 0 Å². The molecule has 58 valence electrons. The Kier molecular flexibility index (Phi) is 2.50. The number of nitrogens with zero attached hydrogens (tertiary/aromatic N) is 1. The van der Waals surface area contributed by atoms with E-state index in [-0.39, 0.29) is 0 Å². The van der Waals surface area contributed by atoms with Crippen molar-refractivity contribution >= 4 is 0 Å². The fourth-order valence-corrected chi connectivity index (χ4v) is 1.34. The normalized spacial score (nSPS) is 27.8. The van der Waals surface area contributed by atoms with E-state index in [4.69, 9.17) is 0 Å². The molecule has 1 atom stereocenters. The summed E-state index contributed by atoms with van der Waals surface area (Å²) < 4.78 is 0. The first-order valence-electron chi connectivity index (χ1n) is 4.05. The van der Waals surface area contributed by atoms with Gasteiger partial charge < -0.3 is 4.90 Å². The highest BCUT2D eigenvalue weighted by atomic mass is 15.1. The summed E-state index contributed by atoms with van der Waals surface area (Å²) in [6.45, 7) is 6.93. The van der Waals surface area contributed by atoms with Crippen LogP contribution in [0.3, 0.4) is 0 Å². The summed E-state index contributed by atoms with van der Waals surface area (Å²) in [6, 6.07) is 0. The Morgan fingerprint density at radius 1 is 1.50 bits per heavy atom. The van der Waals surface area contributed by atoms with Crippen molar-refractivity contribution in [3.05, 3.63) is 12.2 Å². The summed E-state index contributed by atoms with van der Waals surface area (Å²) in [6.07, 6.45) is 4.62. The van der Waals surface area contributed by atoms with Gasteiger partial charge in [0.05, 0.1) is 0 Å². The van der Waals surface area contributed by atoms with Gasteiger partial charge in [-0.1, -0.05) is 26.0 Å². The van der Waals surface area contributed by atoms with Crippen LogP contribution >= 0.6 is 0 Å². The maximum Gasteiger partial charge on any atom is 0.0160 e. The minimum Gasteiger partial charge on any atom is -0.302 e. The van der Waals surface area contributed by atoms with E-state index < -0.39 is 0 Å². The molecule has 0 aromatic rings. The average molecular weight is 139 g/mol. The number of likely N-dealkylation sites (N-methyl/N-ethyl adjacent to an activating group) is 1. The van der Waals surface area contributed by atoms with Crippen LogP contribution in [0.1, 0.15) is 13.8 Å². The highest BCUT2D eigenvalue weighted by Crippen LogP contribution is 2.16. The molecule has 0 amide bonds. The predicted molar refractivity (Wildman–Crippen MR) is 45.0 cm³/mol. The number of hydrogen-bond acceptors (Lipinski definition) is 1. The second kappa shape index (κ2) is 3.20. The van der Waals surface area contributed by atoms with Gasteiger partial charge in [0.1, 0.15) is 0 Å². The van der Waals surface area contributed by atoms with Crippen LogP contribution in [-0.2, 0) is 0 Å². The summed E-state index contributed by atoms with van der Waals surface area (Å²) in [4.78, 5) is 2.37. The van der Waals surface area contributed by atoms with Crippen LogP contribution in [0.15, 0.2) is 12.2 Å². The van der Waals surface area contributed by atoms with Gasteiger partial charge in [0.25, 0.3) is 0 Å². The van der Waals surface area contributed by atoms with Crippen molar-refractivity contribution in [2.75, 3.05) is 20.1 Å². The van der Waals surface area contributed by atoms with Gasteiger partial charge in [0, 0.05) is 13.1 Å². The molecular weight excluding hydrogens is 122 g/mol. The van der Waals surface area contributed by atoms with Gasteiger partial charge in [-0.3, -0.25) is 0 Å². The second-order valence-corrected chi connectivity index (χ2v) is 3.56. The third-order valence-electron chi connectivity index (χ3n) is 2.18. The highest BCUT2D eigenvalue weighted by Gasteiger charge is 2.14. The first-order chi connectivity index (χ1) is 4.70. The van der Waals surface area contributed by atoms with Crippen LogP contribution < -0.4 is 0 Å². The molecule has 0 aliphatic carbocycles. The third kappa shape index (κ3) is 1.84. The second-order valence-electron chi connectivity index (χ2n) is 3.56. The van der Waals surface area contributed by atoms with Crippen molar-refractivity contribution in [3.63, 3.8) is 0 Å². The zero-order valence-electron chi connectivity index (χ0n) is 7.17. The summed E-state index contributed by atoms with van der Waals surface area (Å²) in [5, 5.41) is 0. The van der Waals surface area contributed by atoms with Crippen LogP contribution in [0.4, 0.5) is 0 Å². The molecule has 1 heteroatoms. The molecule has 0 spiro atoms. The topological polar surface area (TPSA) is 3.24 Å². The molecule has 0 bridgehead atoms. The van der Waals surface area contributed by atoms with Crippen molar-refractivity contribution < 1.29 is 0 Å². The number of rotatable bonds is 1. The van der Waals surface area contributed by atoms with Crippen LogP contribution in [0.2, 0.25) is 0 Å². The monoisotopic (exact) mass is 139 g/mol. The SMILES string of the molecule is CC(C)C1C=CCN(C)C1. The Labute approximate surface area is 63.7 Å². The Morgan fingerprint density at radius 2 is 2.20 bits per heavy atom. The summed E-state index contributed by atoms with van der Waals surface area (Å²) >= 11 is 0. The maximum absolute atomic E-state index is 2.37. The quantitative estimate of drug-likeness (QED) is 0.500. The lowest BCUT2D eigenvalue weighted by molar-refractivity contribution is 0.273. The van der Waals surface area contributed by atoms with E-state index in [1.807, 2.05) is 0 Å². The summed E-state index contributed by atoms with van der Waals surface area (Å²) in [5.41, 5.74) is 0. The molecule has 0 N–H and O–H groups in total. The zero-order chi connectivity index (χ0) is 7.56. The zero-order valence-corrected chi connectivity index (χ0v) is 7.17. The van der Waals surface area contributed by atoms with Gasteiger partial charge in [-0.15, -0.1) is 0 Å². The molecule has 1 aliphatic rings. The largest absolute Gasteiger partial charge is 0.302 e. The third-order valence-corrected chi connectivity index (χ3v) is 2.18. The van der Waals surface area contributed by atoms with Crippen molar-refractivity contribution in [2.24, 2.45) is 11.8 Å². The first-order valence-corrected chi connectivity index (χ1v) is 4.05. The van der Waals surface area contributed by atoms with E-state index in [1.165, 1.54) is 6.54 Å². The highest BCUT2D eigenvalue weighted by molar-refractivity contribution is 4.97. The van der Waals surface area contributed by atoms with Gasteiger partial charge >= 0.3 is 0 Å². The molecule has 1 aliphatic heterocycles. The molecule has 1 unspecified atom stereocenters. The van der Waals surface area contributed by atoms with E-state index in [0.717, 1.165) is 18.4 Å². The van der Waals surface area contributed by atoms with E-state index in [1.54, 1.807) is 0 Å². The van der Waals surface area contributed by atoms with Crippen molar-refractivity contribution in [2.45, 2.75) is 13.8 Å². The van der Waals surface area contributed by atoms with Gasteiger partial charge in [-0.25, -0.2) is 0 Å². The van der Waals surface area contributed by atoms with Gasteiger partial charge in [-0.05, 0) is 18.9 Å². The molecule has 0 aromatic heterocycles. The first kappa shape index (κ1) is 7.80. The summed E-state index contributed by atoms with van der Waals surface area (Å²) in [7, 11) is 2.18. The smallest absolute Gasteiger partial charge is 0.0160 e. The lowest BCUT2D eigenvalue weighted by atomic mass is 9.93. The Bertz CT molecular complexity index is 127. The van der Waals surface area contributed by atoms with Crippen LogP contribution in [0, 0.1) is 11.8 Å². The standard InChI is InChI=1S/C9H17N/c1-8(2)9-5-4-6-10(3)7-9/h4-5,8-9H,6-7H2,1-3H3. The molecule has 0 saturated heterocycles. The van der Waals surface area contributed by atoms with E-state index in [2.05, 4.69) is 37.9 Å². The van der Waals surface area contributed by atoms with Gasteiger partial charge in [0.2, 0.25) is 0 Å². The van der Waals surface area contributed by atoms with E-state index in [9.17, 15) is 0 Å². The fourth-order valence-electron chi connectivity index (χ4n) is 1.34. The minimum atomic E-state index is 0.777. The van der Waals surface area contributed by atoms with E-state index >= 15 is 0 Å². The maximum atomic E-state index is 2.37. The molecule has 1 nitrogen and oxygen atoms in total. The molecule has 0 radical (unpaired) electrons. The fraction of sp³-hybridized carbons (Fsp3) is 0.778. The van der Waals surface area contributed by atoms with Crippen molar-refractivity contribution in [1.82, 2.24) is 4.90 Å². The van der Waals surface area contributed by atoms with Crippen molar-refractivity contribution in [3.8, 4) is 0 Å². The molecule has 1 rings (SSSR count). The molecule has 0 saturated carbocycles. The minimum absolute atomic E-state index is 0.777. The van der Waals surface area contributed by atoms with Crippen LogP contribution in [-0.4, -0.2) is 25.0 Å². The lowest BCUT2D eigenvalue weighted by Gasteiger charge is -2.27. The van der Waals surface area contributed by atoms with Crippen molar-refractivity contribution in [1.29, 1.82) is 0 Å². The Balaban J connectivity index is 2.47. The predicted octanol–water partition coefficient (Wildman–Crippen LogP) is 1.76. The van der Waals surface area contributed by atoms with Crippen LogP contribution in [0.25, 0.3) is 0 Å². The molecule has 0 aromatic carbocycles. The average Bonchev–Trinajstić information content (AvgIpc) is 1.88. The van der Waals surface area contributed by atoms with Crippen LogP contribution in [0.5, 0.6) is 0 Å². The Hall–Kier alpha value is -0.300. The van der Waals surface area contributed by atoms with Gasteiger partial charge in [0.15, 0.2) is 0 Å². The molecule has 0 fully saturated rings. The summed E-state index contributed by atoms with van der Waals surface area (Å²) in [5.74, 6) is 1.57. The molecule has 10 heavy (non-hydrogen) atoms. The molecule has 1 heterocycles. The Morgan fingerprint density at radius 3 is 2.60 bits per heavy atom. The number of hydrogen-bond donors (Lipinski definition) is 0. The lowest BCUT2D eigenvalue weighted by Crippen LogP contribution is -2.30. The van der Waals surface area contributed by atoms with E-state index in [0.29, 0.717) is 0 Å². The molecular formula is C9H17N.